The number of aromatic nitrogens is 5. The number of anilines is 2. The van der Waals surface area contributed by atoms with E-state index in [4.69, 9.17) is 15.1 Å². The summed E-state index contributed by atoms with van der Waals surface area (Å²) in [5.74, 6) is 0.263. The maximum Gasteiger partial charge on any atom is 0.293 e. The molecule has 0 atom stereocenters. The molecule has 12 nitrogen and oxygen atoms in total. The minimum atomic E-state index is -0.553. The number of nitrogens with zero attached hydrogens (tertiary/aromatic N) is 7. The van der Waals surface area contributed by atoms with Crippen molar-refractivity contribution in [2.45, 2.75) is 13.5 Å². The highest BCUT2D eigenvalue weighted by molar-refractivity contribution is 5.94. The number of benzene rings is 2. The number of rotatable bonds is 9. The van der Waals surface area contributed by atoms with Gasteiger partial charge >= 0.3 is 0 Å². The van der Waals surface area contributed by atoms with Crippen molar-refractivity contribution in [1.82, 2.24) is 30.7 Å². The predicted octanol–water partition coefficient (Wildman–Crippen LogP) is 2.03. The zero-order chi connectivity index (χ0) is 23.9. The van der Waals surface area contributed by atoms with Crippen molar-refractivity contribution in [2.24, 2.45) is 5.10 Å². The van der Waals surface area contributed by atoms with Crippen LogP contribution in [0.5, 0.6) is 5.75 Å². The van der Waals surface area contributed by atoms with Crippen LogP contribution in [-0.4, -0.2) is 51.1 Å². The van der Waals surface area contributed by atoms with Crippen LogP contribution in [0.1, 0.15) is 28.7 Å². The highest BCUT2D eigenvalue weighted by Gasteiger charge is 2.25. The zero-order valence-corrected chi connectivity index (χ0v) is 18.6. The van der Waals surface area contributed by atoms with Gasteiger partial charge in [-0.3, -0.25) is 4.79 Å². The van der Waals surface area contributed by atoms with E-state index < -0.39 is 5.91 Å². The molecular weight excluding hydrogens is 438 g/mol. The molecule has 0 radical (unpaired) electrons. The highest BCUT2D eigenvalue weighted by Crippen LogP contribution is 2.20. The number of amides is 1. The highest BCUT2D eigenvalue weighted by atomic mass is 16.6. The van der Waals surface area contributed by atoms with Crippen molar-refractivity contribution in [3.8, 4) is 11.6 Å². The lowest BCUT2D eigenvalue weighted by Crippen LogP contribution is -2.24. The molecule has 0 aliphatic carbocycles. The Hall–Kier alpha value is -4.74. The molecule has 0 unspecified atom stereocenters. The Morgan fingerprint density at radius 3 is 2.71 bits per heavy atom. The molecule has 0 fully saturated rings. The molecule has 0 saturated carbocycles. The number of hydrogen-bond donors (Lipinski definition) is 2. The van der Waals surface area contributed by atoms with Gasteiger partial charge in [0.1, 0.15) is 5.75 Å². The van der Waals surface area contributed by atoms with E-state index in [1.54, 1.807) is 0 Å². The smallest absolute Gasteiger partial charge is 0.293 e. The van der Waals surface area contributed by atoms with E-state index in [9.17, 15) is 4.79 Å². The van der Waals surface area contributed by atoms with Gasteiger partial charge < -0.3 is 15.4 Å². The average molecular weight is 461 g/mol. The third-order valence-electron chi connectivity index (χ3n) is 4.85. The maximum absolute atomic E-state index is 13.0. The number of nitrogen functional groups attached to an aromatic ring is 1. The number of hydrogen-bond acceptors (Lipinski definition) is 10. The van der Waals surface area contributed by atoms with E-state index in [-0.39, 0.29) is 23.9 Å². The van der Waals surface area contributed by atoms with Crippen LogP contribution in [0, 0.1) is 0 Å². The van der Waals surface area contributed by atoms with Crippen LogP contribution in [0.15, 0.2) is 64.3 Å². The summed E-state index contributed by atoms with van der Waals surface area (Å²) in [5, 5.41) is 19.5. The number of para-hydroxylation sites is 2. The normalized spacial score (nSPS) is 11.0. The number of nitrogens with two attached hydrogens (primary N) is 1. The van der Waals surface area contributed by atoms with Crippen molar-refractivity contribution in [2.75, 3.05) is 24.3 Å². The van der Waals surface area contributed by atoms with Gasteiger partial charge in [0.25, 0.3) is 5.91 Å². The maximum atomic E-state index is 13.0. The standard InChI is InChI=1S/C22H23N9O3/c1-3-33-18-12-8-7-9-15(18)13-24-26-22(32)19-17(14-30(2)16-10-5-4-6-11-16)31(29-25-19)21-20(23)27-34-28-21/h4-13H,3,14H2,1-2H3,(H2,23,27)(H,26,32)/b24-13+. The molecule has 4 rings (SSSR count). The molecule has 0 spiro atoms. The summed E-state index contributed by atoms with van der Waals surface area (Å²) in [4.78, 5) is 14.9. The van der Waals surface area contributed by atoms with Gasteiger partial charge in [-0.05, 0) is 41.5 Å². The fourth-order valence-electron chi connectivity index (χ4n) is 3.21. The first-order chi connectivity index (χ1) is 16.6. The molecule has 174 valence electrons. The van der Waals surface area contributed by atoms with Crippen LogP contribution < -0.4 is 20.8 Å². The van der Waals surface area contributed by atoms with Crippen LogP contribution in [0.25, 0.3) is 5.82 Å². The molecule has 0 saturated heterocycles. The second-order valence-electron chi connectivity index (χ2n) is 7.13. The van der Waals surface area contributed by atoms with Crippen LogP contribution >= 0.6 is 0 Å². The molecule has 0 aliphatic rings. The van der Waals surface area contributed by atoms with Gasteiger partial charge in [0, 0.05) is 18.3 Å². The first-order valence-electron chi connectivity index (χ1n) is 10.4. The van der Waals surface area contributed by atoms with Gasteiger partial charge in [-0.15, -0.1) is 5.10 Å². The third-order valence-corrected chi connectivity index (χ3v) is 4.85. The van der Waals surface area contributed by atoms with Crippen LogP contribution in [-0.2, 0) is 6.54 Å². The van der Waals surface area contributed by atoms with E-state index in [0.717, 1.165) is 11.3 Å². The van der Waals surface area contributed by atoms with Crippen LogP contribution in [0.3, 0.4) is 0 Å². The van der Waals surface area contributed by atoms with Crippen molar-refractivity contribution >= 4 is 23.6 Å². The summed E-state index contributed by atoms with van der Waals surface area (Å²) in [6, 6.07) is 17.0. The lowest BCUT2D eigenvalue weighted by Gasteiger charge is -2.19. The molecule has 4 aromatic rings. The Labute approximate surface area is 195 Å². The fourth-order valence-corrected chi connectivity index (χ4v) is 3.21. The first kappa shape index (κ1) is 22.5. The number of hydrazone groups is 1. The number of carbonyl (C=O) groups excluding carboxylic acids is 1. The molecule has 0 bridgehead atoms. The molecule has 3 N–H and O–H groups in total. The van der Waals surface area contributed by atoms with Gasteiger partial charge in [0.05, 0.1) is 25.1 Å². The SMILES string of the molecule is CCOc1ccccc1/C=N/NC(=O)c1nnn(-c2nonc2N)c1CN(C)c1ccccc1. The van der Waals surface area contributed by atoms with Crippen molar-refractivity contribution in [3.63, 3.8) is 0 Å². The Bertz CT molecular complexity index is 1280. The van der Waals surface area contributed by atoms with Crippen molar-refractivity contribution in [3.05, 3.63) is 71.5 Å². The fraction of sp³-hybridized carbons (Fsp3) is 0.182. The van der Waals surface area contributed by atoms with E-state index in [2.05, 4.69) is 31.2 Å². The van der Waals surface area contributed by atoms with Gasteiger partial charge in [-0.2, -0.15) is 9.78 Å². The number of nitrogens with one attached hydrogen (secondary N) is 1. The number of carbonyl (C=O) groups is 1. The molecule has 2 aromatic heterocycles. The number of ether oxygens (including phenoxy) is 1. The summed E-state index contributed by atoms with van der Waals surface area (Å²) < 4.78 is 11.6. The minimum Gasteiger partial charge on any atom is -0.493 e. The minimum absolute atomic E-state index is 0.0195. The Balaban J connectivity index is 1.60. The second-order valence-corrected chi connectivity index (χ2v) is 7.13. The largest absolute Gasteiger partial charge is 0.493 e. The molecule has 2 aromatic carbocycles. The Morgan fingerprint density at radius 2 is 1.97 bits per heavy atom. The zero-order valence-electron chi connectivity index (χ0n) is 18.6. The first-order valence-corrected chi connectivity index (χ1v) is 10.4. The summed E-state index contributed by atoms with van der Waals surface area (Å²) in [6.45, 7) is 2.67. The molecular formula is C22H23N9O3. The van der Waals surface area contributed by atoms with Gasteiger partial charge in [0.2, 0.25) is 11.6 Å². The molecule has 1 amide bonds. The molecule has 34 heavy (non-hydrogen) atoms. The third kappa shape index (κ3) is 4.85. The molecule has 0 aliphatic heterocycles. The summed E-state index contributed by atoms with van der Waals surface area (Å²) in [5.41, 5.74) is 10.5. The van der Waals surface area contributed by atoms with Gasteiger partial charge in [-0.1, -0.05) is 35.5 Å². The van der Waals surface area contributed by atoms with Gasteiger partial charge in [-0.25, -0.2) is 10.1 Å². The topological polar surface area (TPSA) is 150 Å². The lowest BCUT2D eigenvalue weighted by molar-refractivity contribution is 0.0949. The van der Waals surface area contributed by atoms with Crippen LogP contribution in [0.4, 0.5) is 11.5 Å². The van der Waals surface area contributed by atoms with Crippen molar-refractivity contribution in [1.29, 1.82) is 0 Å². The Morgan fingerprint density at radius 1 is 1.21 bits per heavy atom. The summed E-state index contributed by atoms with van der Waals surface area (Å²) >= 11 is 0. The monoisotopic (exact) mass is 461 g/mol. The second kappa shape index (κ2) is 10.3. The molecule has 12 heteroatoms. The summed E-state index contributed by atoms with van der Waals surface area (Å²) in [7, 11) is 1.88. The predicted molar refractivity (Wildman–Crippen MR) is 125 cm³/mol. The summed E-state index contributed by atoms with van der Waals surface area (Å²) in [6.07, 6.45) is 1.50. The van der Waals surface area contributed by atoms with E-state index in [1.165, 1.54) is 10.9 Å². The van der Waals surface area contributed by atoms with E-state index >= 15 is 0 Å². The Kier molecular flexibility index (Phi) is 6.77. The van der Waals surface area contributed by atoms with Crippen molar-refractivity contribution < 1.29 is 14.2 Å². The van der Waals surface area contributed by atoms with Gasteiger partial charge in [0.15, 0.2) is 5.69 Å². The lowest BCUT2D eigenvalue weighted by atomic mass is 10.2. The molecule has 2 heterocycles. The average Bonchev–Trinajstić information content (AvgIpc) is 3.46. The van der Waals surface area contributed by atoms with Crippen LogP contribution in [0.2, 0.25) is 0 Å². The van der Waals surface area contributed by atoms with E-state index in [0.29, 0.717) is 18.1 Å². The quantitative estimate of drug-likeness (QED) is 0.282. The van der Waals surface area contributed by atoms with E-state index in [1.807, 2.05) is 73.5 Å².